The maximum atomic E-state index is 12.1. The topological polar surface area (TPSA) is 74.3 Å². The summed E-state index contributed by atoms with van der Waals surface area (Å²) in [5.74, 6) is -0.189. The summed E-state index contributed by atoms with van der Waals surface area (Å²) in [6.07, 6.45) is 1.71. The molecular formula is C18H22N4O2. The molecule has 2 rings (SSSR count). The Morgan fingerprint density at radius 2 is 1.75 bits per heavy atom. The first-order valence-corrected chi connectivity index (χ1v) is 7.72. The molecule has 2 aromatic rings. The summed E-state index contributed by atoms with van der Waals surface area (Å²) in [4.78, 5) is 29.6. The zero-order valence-electron chi connectivity index (χ0n) is 14.2. The third-order valence-electron chi connectivity index (χ3n) is 3.62. The minimum atomic E-state index is -0.388. The highest BCUT2D eigenvalue weighted by Gasteiger charge is 2.12. The molecule has 6 nitrogen and oxygen atoms in total. The number of rotatable bonds is 5. The first-order valence-electron chi connectivity index (χ1n) is 7.72. The van der Waals surface area contributed by atoms with E-state index in [0.717, 1.165) is 22.5 Å². The summed E-state index contributed by atoms with van der Waals surface area (Å²) in [6.45, 7) is 4.19. The van der Waals surface area contributed by atoms with Crippen LogP contribution >= 0.6 is 0 Å². The molecule has 1 heterocycles. The first kappa shape index (κ1) is 17.5. The van der Waals surface area contributed by atoms with Crippen molar-refractivity contribution in [3.63, 3.8) is 0 Å². The van der Waals surface area contributed by atoms with Crippen molar-refractivity contribution in [1.82, 2.24) is 15.6 Å². The van der Waals surface area contributed by atoms with Gasteiger partial charge in [-0.2, -0.15) is 0 Å². The molecule has 6 heteroatoms. The lowest BCUT2D eigenvalue weighted by atomic mass is 10.2. The molecule has 3 amide bonds. The molecule has 0 radical (unpaired) electrons. The highest BCUT2D eigenvalue weighted by molar-refractivity contribution is 5.96. The highest BCUT2D eigenvalue weighted by Crippen LogP contribution is 2.13. The molecule has 0 saturated heterocycles. The lowest BCUT2D eigenvalue weighted by Crippen LogP contribution is -2.42. The smallest absolute Gasteiger partial charge is 0.315 e. The van der Waals surface area contributed by atoms with Gasteiger partial charge in [0, 0.05) is 31.2 Å². The van der Waals surface area contributed by atoms with E-state index in [4.69, 9.17) is 0 Å². The van der Waals surface area contributed by atoms with Crippen molar-refractivity contribution in [1.29, 1.82) is 0 Å². The van der Waals surface area contributed by atoms with Crippen LogP contribution in [0, 0.1) is 13.8 Å². The molecule has 126 valence electrons. The molecule has 1 aromatic carbocycles. The van der Waals surface area contributed by atoms with E-state index in [1.807, 2.05) is 50.2 Å². The summed E-state index contributed by atoms with van der Waals surface area (Å²) >= 11 is 0. The average molecular weight is 326 g/mol. The van der Waals surface area contributed by atoms with E-state index in [0.29, 0.717) is 6.54 Å². The number of urea groups is 1. The summed E-state index contributed by atoms with van der Waals surface area (Å²) in [6, 6.07) is 11.0. The standard InChI is InChI=1S/C18H22N4O2/c1-13-4-8-16(9-5-13)22(3)17(23)12-21-18(24)20-11-15-7-6-14(2)19-10-15/h4-10H,11-12H2,1-3H3,(H2,20,21,24). The molecular weight excluding hydrogens is 304 g/mol. The monoisotopic (exact) mass is 326 g/mol. The normalized spacial score (nSPS) is 10.1. The molecule has 0 fully saturated rings. The number of aromatic nitrogens is 1. The second-order valence-corrected chi connectivity index (χ2v) is 5.63. The van der Waals surface area contributed by atoms with Gasteiger partial charge in [-0.25, -0.2) is 4.79 Å². The van der Waals surface area contributed by atoms with Crippen LogP contribution in [0.3, 0.4) is 0 Å². The molecule has 0 saturated carbocycles. The summed E-state index contributed by atoms with van der Waals surface area (Å²) in [5.41, 5.74) is 3.74. The predicted octanol–water partition coefficient (Wildman–Crippen LogP) is 2.16. The Hall–Kier alpha value is -2.89. The van der Waals surface area contributed by atoms with Crippen molar-refractivity contribution in [3.8, 4) is 0 Å². The van der Waals surface area contributed by atoms with E-state index in [1.54, 1.807) is 13.2 Å². The Bertz CT molecular complexity index is 696. The summed E-state index contributed by atoms with van der Waals surface area (Å²) < 4.78 is 0. The van der Waals surface area contributed by atoms with Crippen LogP contribution in [0.25, 0.3) is 0 Å². The maximum Gasteiger partial charge on any atom is 0.315 e. The lowest BCUT2D eigenvalue weighted by Gasteiger charge is -2.18. The second-order valence-electron chi connectivity index (χ2n) is 5.63. The SMILES string of the molecule is Cc1ccc(N(C)C(=O)CNC(=O)NCc2ccc(C)nc2)cc1. The molecule has 0 atom stereocenters. The van der Waals surface area contributed by atoms with Gasteiger partial charge in [-0.05, 0) is 37.6 Å². The Balaban J connectivity index is 1.77. The van der Waals surface area contributed by atoms with E-state index in [-0.39, 0.29) is 18.5 Å². The first-order chi connectivity index (χ1) is 11.5. The molecule has 2 N–H and O–H groups in total. The maximum absolute atomic E-state index is 12.1. The van der Waals surface area contributed by atoms with Gasteiger partial charge in [0.15, 0.2) is 0 Å². The van der Waals surface area contributed by atoms with Crippen molar-refractivity contribution in [2.24, 2.45) is 0 Å². The van der Waals surface area contributed by atoms with E-state index in [1.165, 1.54) is 4.90 Å². The minimum Gasteiger partial charge on any atom is -0.334 e. The molecule has 0 aliphatic carbocycles. The minimum absolute atomic E-state index is 0.0671. The number of anilines is 1. The number of hydrogen-bond donors (Lipinski definition) is 2. The Kier molecular flexibility index (Phi) is 5.89. The molecule has 0 bridgehead atoms. The molecule has 24 heavy (non-hydrogen) atoms. The third-order valence-corrected chi connectivity index (χ3v) is 3.62. The Morgan fingerprint density at radius 1 is 1.04 bits per heavy atom. The van der Waals surface area contributed by atoms with Crippen LogP contribution in [0.5, 0.6) is 0 Å². The molecule has 1 aromatic heterocycles. The number of likely N-dealkylation sites (N-methyl/N-ethyl adjacent to an activating group) is 1. The Morgan fingerprint density at radius 3 is 2.38 bits per heavy atom. The average Bonchev–Trinajstić information content (AvgIpc) is 2.59. The van der Waals surface area contributed by atoms with Crippen LogP contribution in [0.1, 0.15) is 16.8 Å². The van der Waals surface area contributed by atoms with E-state index in [9.17, 15) is 9.59 Å². The largest absolute Gasteiger partial charge is 0.334 e. The molecule has 0 aliphatic rings. The van der Waals surface area contributed by atoms with Crippen molar-refractivity contribution in [2.75, 3.05) is 18.5 Å². The van der Waals surface area contributed by atoms with Crippen LogP contribution in [-0.2, 0) is 11.3 Å². The fourth-order valence-electron chi connectivity index (χ4n) is 2.03. The van der Waals surface area contributed by atoms with Gasteiger partial charge in [-0.3, -0.25) is 9.78 Å². The van der Waals surface area contributed by atoms with Gasteiger partial charge < -0.3 is 15.5 Å². The van der Waals surface area contributed by atoms with E-state index >= 15 is 0 Å². The van der Waals surface area contributed by atoms with Gasteiger partial charge in [-0.15, -0.1) is 0 Å². The van der Waals surface area contributed by atoms with Gasteiger partial charge in [0.25, 0.3) is 0 Å². The van der Waals surface area contributed by atoms with E-state index < -0.39 is 0 Å². The molecule has 0 aliphatic heterocycles. The molecule has 0 unspecified atom stereocenters. The molecule has 0 spiro atoms. The van der Waals surface area contributed by atoms with Crippen LogP contribution in [0.15, 0.2) is 42.6 Å². The van der Waals surface area contributed by atoms with E-state index in [2.05, 4.69) is 15.6 Å². The van der Waals surface area contributed by atoms with Gasteiger partial charge >= 0.3 is 6.03 Å². The Labute approximate surface area is 141 Å². The zero-order valence-corrected chi connectivity index (χ0v) is 14.2. The van der Waals surface area contributed by atoms with Crippen LogP contribution in [0.2, 0.25) is 0 Å². The van der Waals surface area contributed by atoms with Gasteiger partial charge in [0.05, 0.1) is 6.54 Å². The fourth-order valence-corrected chi connectivity index (χ4v) is 2.03. The number of amides is 3. The van der Waals surface area contributed by atoms with Crippen LogP contribution in [0.4, 0.5) is 10.5 Å². The second kappa shape index (κ2) is 8.10. The highest BCUT2D eigenvalue weighted by atomic mass is 16.2. The number of hydrogen-bond acceptors (Lipinski definition) is 3. The van der Waals surface area contributed by atoms with Crippen molar-refractivity contribution in [2.45, 2.75) is 20.4 Å². The quantitative estimate of drug-likeness (QED) is 0.884. The number of carbonyl (C=O) groups excluding carboxylic acids is 2. The van der Waals surface area contributed by atoms with Crippen LogP contribution < -0.4 is 15.5 Å². The van der Waals surface area contributed by atoms with Gasteiger partial charge in [0.2, 0.25) is 5.91 Å². The number of benzene rings is 1. The van der Waals surface area contributed by atoms with Gasteiger partial charge in [0.1, 0.15) is 0 Å². The predicted molar refractivity (Wildman–Crippen MR) is 93.8 cm³/mol. The number of nitrogens with zero attached hydrogens (tertiary/aromatic N) is 2. The third kappa shape index (κ3) is 5.08. The summed E-state index contributed by atoms with van der Waals surface area (Å²) in [5, 5.41) is 5.26. The number of carbonyl (C=O) groups is 2. The lowest BCUT2D eigenvalue weighted by molar-refractivity contribution is -0.117. The fraction of sp³-hybridized carbons (Fsp3) is 0.278. The summed E-state index contributed by atoms with van der Waals surface area (Å²) in [7, 11) is 1.69. The zero-order chi connectivity index (χ0) is 17.5. The number of aryl methyl sites for hydroxylation is 2. The van der Waals surface area contributed by atoms with Crippen molar-refractivity contribution in [3.05, 3.63) is 59.4 Å². The number of nitrogens with one attached hydrogen (secondary N) is 2. The van der Waals surface area contributed by atoms with Crippen molar-refractivity contribution < 1.29 is 9.59 Å². The number of pyridine rings is 1. The van der Waals surface area contributed by atoms with Crippen molar-refractivity contribution >= 4 is 17.6 Å². The van der Waals surface area contributed by atoms with Gasteiger partial charge in [-0.1, -0.05) is 23.8 Å². The van der Waals surface area contributed by atoms with Crippen LogP contribution in [-0.4, -0.2) is 30.5 Å².